The van der Waals surface area contributed by atoms with Crippen LogP contribution >= 0.6 is 0 Å². The van der Waals surface area contributed by atoms with Crippen molar-refractivity contribution in [1.29, 1.82) is 0 Å². The summed E-state index contributed by atoms with van der Waals surface area (Å²) in [5, 5.41) is 12.9. The predicted octanol–water partition coefficient (Wildman–Crippen LogP) is 2.31. The molecule has 3 atom stereocenters. The zero-order chi connectivity index (χ0) is 13.8. The van der Waals surface area contributed by atoms with Crippen molar-refractivity contribution in [3.05, 3.63) is 35.4 Å². The summed E-state index contributed by atoms with van der Waals surface area (Å²) in [6.07, 6.45) is 3.14. The van der Waals surface area contributed by atoms with E-state index in [-0.39, 0.29) is 18.2 Å². The highest BCUT2D eigenvalue weighted by Crippen LogP contribution is 2.40. The lowest BCUT2D eigenvalue weighted by atomic mass is 10.0. The second-order valence-electron chi connectivity index (χ2n) is 5.88. The minimum Gasteiger partial charge on any atom is -0.393 e. The summed E-state index contributed by atoms with van der Waals surface area (Å²) in [7, 11) is 0. The van der Waals surface area contributed by atoms with Gasteiger partial charge in [0, 0.05) is 18.6 Å². The van der Waals surface area contributed by atoms with Gasteiger partial charge in [0.05, 0.1) is 6.10 Å². The van der Waals surface area contributed by atoms with Crippen LogP contribution in [0.2, 0.25) is 0 Å². The van der Waals surface area contributed by atoms with E-state index >= 15 is 0 Å². The highest BCUT2D eigenvalue weighted by Gasteiger charge is 2.23. The zero-order valence-electron chi connectivity index (χ0n) is 12.0. The molecule has 0 spiro atoms. The average molecular weight is 262 g/mol. The third-order valence-corrected chi connectivity index (χ3v) is 3.80. The number of aliphatic hydroxyl groups excluding tert-OH is 1. The van der Waals surface area contributed by atoms with E-state index in [0.717, 1.165) is 12.3 Å². The van der Waals surface area contributed by atoms with Crippen LogP contribution in [0.25, 0.3) is 0 Å². The van der Waals surface area contributed by atoms with Gasteiger partial charge in [-0.3, -0.25) is 0 Å². The topological polar surface area (TPSA) is 58.3 Å². The smallest absolute Gasteiger partial charge is 0.0526 e. The van der Waals surface area contributed by atoms with E-state index in [1.165, 1.54) is 24.0 Å². The molecule has 1 aliphatic rings. The lowest BCUT2D eigenvalue weighted by Crippen LogP contribution is -2.36. The lowest BCUT2D eigenvalue weighted by Gasteiger charge is -2.23. The van der Waals surface area contributed by atoms with Crippen LogP contribution in [0.15, 0.2) is 24.3 Å². The van der Waals surface area contributed by atoms with Crippen molar-refractivity contribution < 1.29 is 5.11 Å². The fourth-order valence-corrected chi connectivity index (χ4v) is 2.64. The van der Waals surface area contributed by atoms with Gasteiger partial charge in [-0.05, 0) is 50.2 Å². The fourth-order valence-electron chi connectivity index (χ4n) is 2.64. The number of hydrogen-bond donors (Lipinski definition) is 3. The summed E-state index contributed by atoms with van der Waals surface area (Å²) in [6, 6.07) is 9.27. The summed E-state index contributed by atoms with van der Waals surface area (Å²) in [4.78, 5) is 0. The van der Waals surface area contributed by atoms with Crippen molar-refractivity contribution in [3.63, 3.8) is 0 Å². The van der Waals surface area contributed by atoms with Crippen LogP contribution in [0.1, 0.15) is 56.2 Å². The van der Waals surface area contributed by atoms with E-state index < -0.39 is 0 Å². The van der Waals surface area contributed by atoms with Crippen LogP contribution in [-0.2, 0) is 0 Å². The average Bonchev–Trinajstić information content (AvgIpc) is 3.19. The van der Waals surface area contributed by atoms with Crippen LogP contribution in [0.3, 0.4) is 0 Å². The Morgan fingerprint density at radius 1 is 1.26 bits per heavy atom. The summed E-state index contributed by atoms with van der Waals surface area (Å²) in [5.41, 5.74) is 8.56. The maximum absolute atomic E-state index is 9.41. The van der Waals surface area contributed by atoms with E-state index in [1.54, 1.807) is 0 Å². The first kappa shape index (κ1) is 14.5. The molecule has 0 bridgehead atoms. The first-order chi connectivity index (χ1) is 9.10. The van der Waals surface area contributed by atoms with E-state index in [9.17, 15) is 5.11 Å². The highest BCUT2D eigenvalue weighted by molar-refractivity contribution is 5.29. The van der Waals surface area contributed by atoms with Gasteiger partial charge >= 0.3 is 0 Å². The number of hydrogen-bond acceptors (Lipinski definition) is 3. The molecule has 0 heterocycles. The Bertz CT molecular complexity index is 384. The molecule has 1 aliphatic carbocycles. The number of nitrogens with one attached hydrogen (secondary N) is 1. The van der Waals surface area contributed by atoms with Crippen LogP contribution < -0.4 is 11.1 Å². The maximum Gasteiger partial charge on any atom is 0.0526 e. The van der Waals surface area contributed by atoms with Gasteiger partial charge in [0.2, 0.25) is 0 Å². The molecular weight excluding hydrogens is 236 g/mol. The highest BCUT2D eigenvalue weighted by atomic mass is 16.3. The molecule has 3 heteroatoms. The van der Waals surface area contributed by atoms with Gasteiger partial charge in [-0.15, -0.1) is 0 Å². The van der Waals surface area contributed by atoms with Crippen LogP contribution in [0, 0.1) is 0 Å². The Morgan fingerprint density at radius 2 is 1.89 bits per heavy atom. The van der Waals surface area contributed by atoms with Gasteiger partial charge in [-0.1, -0.05) is 24.3 Å². The molecule has 3 unspecified atom stereocenters. The number of nitrogens with two attached hydrogens (primary N) is 1. The standard InChI is InChI=1S/C16H26N2O/c1-11(9-12(2)19)18-16(10-17)15-7-5-14(6-8-15)13-3-4-13/h5-8,11-13,16,18-19H,3-4,9-10,17H2,1-2H3. The van der Waals surface area contributed by atoms with E-state index in [0.29, 0.717) is 6.54 Å². The van der Waals surface area contributed by atoms with Gasteiger partial charge in [-0.2, -0.15) is 0 Å². The summed E-state index contributed by atoms with van der Waals surface area (Å²) < 4.78 is 0. The van der Waals surface area contributed by atoms with Gasteiger partial charge in [-0.25, -0.2) is 0 Å². The molecule has 1 saturated carbocycles. The second kappa shape index (κ2) is 6.51. The summed E-state index contributed by atoms with van der Waals surface area (Å²) in [5.74, 6) is 0.799. The Morgan fingerprint density at radius 3 is 2.37 bits per heavy atom. The van der Waals surface area contributed by atoms with E-state index in [1.807, 2.05) is 6.92 Å². The Balaban J connectivity index is 1.95. The number of rotatable bonds is 7. The van der Waals surface area contributed by atoms with Crippen LogP contribution in [-0.4, -0.2) is 23.8 Å². The molecule has 2 rings (SSSR count). The molecule has 0 aromatic heterocycles. The minimum absolute atomic E-state index is 0.169. The number of benzene rings is 1. The quantitative estimate of drug-likeness (QED) is 0.707. The van der Waals surface area contributed by atoms with Gasteiger partial charge in [0.25, 0.3) is 0 Å². The molecule has 1 fully saturated rings. The monoisotopic (exact) mass is 262 g/mol. The van der Waals surface area contributed by atoms with Crippen molar-refractivity contribution in [1.82, 2.24) is 5.32 Å². The largest absolute Gasteiger partial charge is 0.393 e. The van der Waals surface area contributed by atoms with Crippen LogP contribution in [0.5, 0.6) is 0 Å². The van der Waals surface area contributed by atoms with Gasteiger partial charge < -0.3 is 16.2 Å². The van der Waals surface area contributed by atoms with Crippen molar-refractivity contribution >= 4 is 0 Å². The van der Waals surface area contributed by atoms with Crippen molar-refractivity contribution in [2.45, 2.75) is 57.2 Å². The fraction of sp³-hybridized carbons (Fsp3) is 0.625. The third-order valence-electron chi connectivity index (χ3n) is 3.80. The zero-order valence-corrected chi connectivity index (χ0v) is 12.0. The second-order valence-corrected chi connectivity index (χ2v) is 5.88. The molecule has 4 N–H and O–H groups in total. The number of aliphatic hydroxyl groups is 1. The first-order valence-corrected chi connectivity index (χ1v) is 7.34. The Hall–Kier alpha value is -0.900. The van der Waals surface area contributed by atoms with E-state index in [2.05, 4.69) is 36.5 Å². The molecule has 0 radical (unpaired) electrons. The molecule has 0 amide bonds. The molecule has 0 saturated heterocycles. The predicted molar refractivity (Wildman–Crippen MR) is 79.1 cm³/mol. The third kappa shape index (κ3) is 4.30. The molecule has 1 aromatic carbocycles. The van der Waals surface area contributed by atoms with Crippen LogP contribution in [0.4, 0.5) is 0 Å². The molecule has 19 heavy (non-hydrogen) atoms. The molecule has 3 nitrogen and oxygen atoms in total. The maximum atomic E-state index is 9.41. The molecule has 0 aliphatic heterocycles. The summed E-state index contributed by atoms with van der Waals surface area (Å²) in [6.45, 7) is 4.49. The SMILES string of the molecule is CC(O)CC(C)NC(CN)c1ccc(C2CC2)cc1. The molecular formula is C16H26N2O. The van der Waals surface area contributed by atoms with E-state index in [4.69, 9.17) is 5.73 Å². The van der Waals surface area contributed by atoms with Gasteiger partial charge in [0.15, 0.2) is 0 Å². The van der Waals surface area contributed by atoms with Crippen molar-refractivity contribution in [3.8, 4) is 0 Å². The normalized spacial score (nSPS) is 20.0. The van der Waals surface area contributed by atoms with Crippen molar-refractivity contribution in [2.75, 3.05) is 6.54 Å². The van der Waals surface area contributed by atoms with Crippen molar-refractivity contribution in [2.24, 2.45) is 5.73 Å². The summed E-state index contributed by atoms with van der Waals surface area (Å²) >= 11 is 0. The minimum atomic E-state index is -0.279. The first-order valence-electron chi connectivity index (χ1n) is 7.34. The lowest BCUT2D eigenvalue weighted by molar-refractivity contribution is 0.168. The van der Waals surface area contributed by atoms with Gasteiger partial charge in [0.1, 0.15) is 0 Å². The molecule has 1 aromatic rings. The Kier molecular flexibility index (Phi) is 4.97. The molecule has 106 valence electrons. The Labute approximate surface area is 116 Å².